The van der Waals surface area contributed by atoms with Crippen LogP contribution in [0.3, 0.4) is 0 Å². The topological polar surface area (TPSA) is 43.1 Å². The van der Waals surface area contributed by atoms with Crippen molar-refractivity contribution in [1.82, 2.24) is 5.16 Å². The van der Waals surface area contributed by atoms with E-state index in [0.29, 0.717) is 15.9 Å². The molecule has 0 aromatic carbocycles. The van der Waals surface area contributed by atoms with Crippen LogP contribution in [0.5, 0.6) is 0 Å². The van der Waals surface area contributed by atoms with Crippen molar-refractivity contribution < 1.29 is 9.32 Å². The molecule has 0 amide bonds. The molecule has 0 N–H and O–H groups in total. The van der Waals surface area contributed by atoms with Gasteiger partial charge in [0.25, 0.3) is 0 Å². The van der Waals surface area contributed by atoms with Gasteiger partial charge in [0.1, 0.15) is 5.76 Å². The van der Waals surface area contributed by atoms with Crippen LogP contribution in [-0.2, 0) is 6.42 Å². The van der Waals surface area contributed by atoms with Crippen LogP contribution in [0.2, 0.25) is 0 Å². The molecule has 13 heavy (non-hydrogen) atoms. The third-order valence-electron chi connectivity index (χ3n) is 2.22. The minimum atomic E-state index is -0.115. The molecule has 2 unspecified atom stereocenters. The lowest BCUT2D eigenvalue weighted by molar-refractivity contribution is 0.0959. The van der Waals surface area contributed by atoms with Crippen molar-refractivity contribution in [2.45, 2.75) is 18.2 Å². The average molecular weight is 309 g/mol. The zero-order valence-electron chi connectivity index (χ0n) is 6.88. The first-order chi connectivity index (χ1) is 6.11. The van der Waals surface area contributed by atoms with Gasteiger partial charge >= 0.3 is 0 Å². The van der Waals surface area contributed by atoms with E-state index in [1.165, 1.54) is 0 Å². The lowest BCUT2D eigenvalue weighted by Crippen LogP contribution is -2.29. The number of rotatable bonds is 0. The first-order valence-corrected chi connectivity index (χ1v) is 5.64. The third-order valence-corrected chi connectivity index (χ3v) is 4.08. The van der Waals surface area contributed by atoms with Crippen LogP contribution in [0.4, 0.5) is 0 Å². The number of hydrogen-bond acceptors (Lipinski definition) is 3. The summed E-state index contributed by atoms with van der Waals surface area (Å²) in [4.78, 5) is 11.6. The Kier molecular flexibility index (Phi) is 2.32. The number of carbonyl (C=O) groups excluding carboxylic acids is 1. The number of fused-ring (bicyclic) bond motifs is 1. The standard InChI is InChI=1S/C8H7Br2NO2/c1-3-2-4-5(7(12)6(3)9)8(10)11-13-4/h3,6H,2H2,1H3. The molecule has 5 heteroatoms. The SMILES string of the molecule is CC1Cc2onc(Br)c2C(=O)C1Br. The Labute approximate surface area is 92.1 Å². The molecule has 3 nitrogen and oxygen atoms in total. The van der Waals surface area contributed by atoms with Gasteiger partial charge in [-0.15, -0.1) is 0 Å². The van der Waals surface area contributed by atoms with Crippen LogP contribution >= 0.6 is 31.9 Å². The van der Waals surface area contributed by atoms with Gasteiger partial charge in [0.05, 0.1) is 10.4 Å². The van der Waals surface area contributed by atoms with Crippen molar-refractivity contribution in [2.24, 2.45) is 5.92 Å². The highest BCUT2D eigenvalue weighted by Crippen LogP contribution is 2.33. The Morgan fingerprint density at radius 2 is 2.31 bits per heavy atom. The number of aromatic nitrogens is 1. The van der Waals surface area contributed by atoms with Crippen molar-refractivity contribution in [1.29, 1.82) is 0 Å². The molecule has 0 radical (unpaired) electrons. The van der Waals surface area contributed by atoms with Gasteiger partial charge in [-0.05, 0) is 21.8 Å². The lowest BCUT2D eigenvalue weighted by atomic mass is 9.89. The molecule has 1 heterocycles. The summed E-state index contributed by atoms with van der Waals surface area (Å²) in [5, 5.41) is 3.72. The number of halogens is 2. The molecule has 1 aromatic heterocycles. The van der Waals surface area contributed by atoms with E-state index in [0.717, 1.165) is 6.42 Å². The third kappa shape index (κ3) is 1.38. The minimum Gasteiger partial charge on any atom is -0.359 e. The molecular formula is C8H7Br2NO2. The fourth-order valence-electron chi connectivity index (χ4n) is 1.47. The molecule has 0 spiro atoms. The first kappa shape index (κ1) is 9.40. The van der Waals surface area contributed by atoms with Gasteiger partial charge in [-0.1, -0.05) is 28.0 Å². The van der Waals surface area contributed by atoms with Crippen LogP contribution in [0, 0.1) is 5.92 Å². The van der Waals surface area contributed by atoms with Gasteiger partial charge < -0.3 is 4.52 Å². The monoisotopic (exact) mass is 307 g/mol. The fraction of sp³-hybridized carbons (Fsp3) is 0.500. The van der Waals surface area contributed by atoms with Gasteiger partial charge in [-0.2, -0.15) is 0 Å². The number of carbonyl (C=O) groups is 1. The molecular weight excluding hydrogens is 302 g/mol. The Balaban J connectivity index is 2.52. The highest BCUT2D eigenvalue weighted by molar-refractivity contribution is 9.10. The van der Waals surface area contributed by atoms with Gasteiger partial charge in [0.15, 0.2) is 10.4 Å². The molecule has 2 atom stereocenters. The van der Waals surface area contributed by atoms with Gasteiger partial charge in [0.2, 0.25) is 0 Å². The van der Waals surface area contributed by atoms with E-state index in [1.54, 1.807) is 0 Å². The second-order valence-electron chi connectivity index (χ2n) is 3.22. The highest BCUT2D eigenvalue weighted by atomic mass is 79.9. The minimum absolute atomic E-state index is 0.0573. The molecule has 0 aliphatic heterocycles. The first-order valence-electron chi connectivity index (χ1n) is 3.93. The van der Waals surface area contributed by atoms with Crippen molar-refractivity contribution in [2.75, 3.05) is 0 Å². The zero-order chi connectivity index (χ0) is 9.59. The second kappa shape index (κ2) is 3.20. The van der Waals surface area contributed by atoms with Crippen LogP contribution in [0.1, 0.15) is 23.0 Å². The Hall–Kier alpha value is -0.160. The Bertz CT molecular complexity index is 361. The van der Waals surface area contributed by atoms with Crippen molar-refractivity contribution >= 4 is 37.6 Å². The number of ketones is 1. The summed E-state index contributed by atoms with van der Waals surface area (Å²) in [6.07, 6.45) is 0.760. The maximum absolute atomic E-state index is 11.7. The molecule has 0 saturated heterocycles. The van der Waals surface area contributed by atoms with E-state index in [2.05, 4.69) is 37.0 Å². The van der Waals surface area contributed by atoms with E-state index in [-0.39, 0.29) is 16.5 Å². The van der Waals surface area contributed by atoms with Crippen molar-refractivity contribution in [3.8, 4) is 0 Å². The van der Waals surface area contributed by atoms with Gasteiger partial charge in [0, 0.05) is 6.42 Å². The summed E-state index contributed by atoms with van der Waals surface area (Å²) in [5.41, 5.74) is 0.597. The van der Waals surface area contributed by atoms with Crippen molar-refractivity contribution in [3.63, 3.8) is 0 Å². The summed E-state index contributed by atoms with van der Waals surface area (Å²) in [6.45, 7) is 2.01. The maximum atomic E-state index is 11.7. The quantitative estimate of drug-likeness (QED) is 0.692. The lowest BCUT2D eigenvalue weighted by Gasteiger charge is -2.20. The summed E-state index contributed by atoms with van der Waals surface area (Å²) < 4.78 is 5.55. The second-order valence-corrected chi connectivity index (χ2v) is 4.96. The number of hydrogen-bond donors (Lipinski definition) is 0. The summed E-state index contributed by atoms with van der Waals surface area (Å²) in [5.74, 6) is 1.02. The van der Waals surface area contributed by atoms with Gasteiger partial charge in [-0.3, -0.25) is 4.79 Å². The van der Waals surface area contributed by atoms with E-state index in [4.69, 9.17) is 4.52 Å². The number of alkyl halides is 1. The highest BCUT2D eigenvalue weighted by Gasteiger charge is 2.36. The number of nitrogens with zero attached hydrogens (tertiary/aromatic N) is 1. The van der Waals surface area contributed by atoms with E-state index in [9.17, 15) is 4.79 Å². The van der Waals surface area contributed by atoms with Crippen LogP contribution in [-0.4, -0.2) is 15.8 Å². The zero-order valence-corrected chi connectivity index (χ0v) is 10.1. The van der Waals surface area contributed by atoms with Crippen LogP contribution in [0.15, 0.2) is 9.13 Å². The smallest absolute Gasteiger partial charge is 0.183 e. The van der Waals surface area contributed by atoms with E-state index < -0.39 is 0 Å². The molecule has 1 aliphatic rings. The average Bonchev–Trinajstić information content (AvgIpc) is 2.43. The normalized spacial score (nSPS) is 27.5. The predicted octanol–water partition coefficient (Wildman–Crippen LogP) is 2.58. The Morgan fingerprint density at radius 1 is 1.62 bits per heavy atom. The fourth-order valence-corrected chi connectivity index (χ4v) is 2.38. The predicted molar refractivity (Wildman–Crippen MR) is 54.1 cm³/mol. The van der Waals surface area contributed by atoms with E-state index >= 15 is 0 Å². The summed E-state index contributed by atoms with van der Waals surface area (Å²) >= 11 is 6.56. The molecule has 1 aliphatic carbocycles. The van der Waals surface area contributed by atoms with E-state index in [1.807, 2.05) is 6.92 Å². The molecule has 0 saturated carbocycles. The molecule has 70 valence electrons. The largest absolute Gasteiger partial charge is 0.359 e. The molecule has 2 rings (SSSR count). The number of Topliss-reactive ketones (excluding diaryl/α,β-unsaturated/α-hetero) is 1. The maximum Gasteiger partial charge on any atom is 0.183 e. The summed E-state index contributed by atoms with van der Waals surface area (Å²) in [6, 6.07) is 0. The van der Waals surface area contributed by atoms with Crippen molar-refractivity contribution in [3.05, 3.63) is 15.9 Å². The van der Waals surface area contributed by atoms with Crippen LogP contribution in [0.25, 0.3) is 0 Å². The molecule has 1 aromatic rings. The van der Waals surface area contributed by atoms with Crippen LogP contribution < -0.4 is 0 Å². The van der Waals surface area contributed by atoms with Gasteiger partial charge in [-0.25, -0.2) is 0 Å². The molecule has 0 fully saturated rings. The summed E-state index contributed by atoms with van der Waals surface area (Å²) in [7, 11) is 0. The molecule has 0 bridgehead atoms. The Morgan fingerprint density at radius 3 is 3.00 bits per heavy atom.